The molecule has 1 amide bonds. The predicted octanol–water partition coefficient (Wildman–Crippen LogP) is 2.81. The molecule has 33 heavy (non-hydrogen) atoms. The number of aromatic nitrogens is 2. The normalized spacial score (nSPS) is 18.8. The summed E-state index contributed by atoms with van der Waals surface area (Å²) in [5.74, 6) is 0.651. The monoisotopic (exact) mass is 510 g/mol. The Morgan fingerprint density at radius 3 is 2.73 bits per heavy atom. The van der Waals surface area contributed by atoms with Crippen molar-refractivity contribution in [3.63, 3.8) is 0 Å². The first-order chi connectivity index (χ1) is 15.9. The van der Waals surface area contributed by atoms with Crippen LogP contribution in [0.15, 0.2) is 17.2 Å². The summed E-state index contributed by atoms with van der Waals surface area (Å²) >= 11 is 14.4. The summed E-state index contributed by atoms with van der Waals surface area (Å²) < 4.78 is 6.03. The molecule has 0 saturated carbocycles. The molecule has 1 fully saturated rings. The van der Waals surface area contributed by atoms with E-state index in [0.717, 1.165) is 38.3 Å². The molecule has 3 N–H and O–H groups in total. The number of rotatable bonds is 7. The highest BCUT2D eigenvalue weighted by Crippen LogP contribution is 2.44. The second kappa shape index (κ2) is 10.7. The van der Waals surface area contributed by atoms with Crippen molar-refractivity contribution < 1.29 is 9.53 Å². The summed E-state index contributed by atoms with van der Waals surface area (Å²) in [6.07, 6.45) is 0.500. The van der Waals surface area contributed by atoms with Gasteiger partial charge in [0.2, 0.25) is 11.9 Å². The molecule has 2 aliphatic rings. The Morgan fingerprint density at radius 1 is 1.24 bits per heavy atom. The molecule has 0 spiro atoms. The number of nitrogens with one attached hydrogen (secondary N) is 1. The third-order valence-corrected chi connectivity index (χ3v) is 7.65. The molecule has 0 aliphatic carbocycles. The Balaban J connectivity index is 1.54. The number of ether oxygens (including phenoxy) is 1. The zero-order valence-electron chi connectivity index (χ0n) is 18.7. The lowest BCUT2D eigenvalue weighted by Crippen LogP contribution is -2.45. The van der Waals surface area contributed by atoms with Crippen LogP contribution in [0.2, 0.25) is 10.0 Å². The minimum Gasteiger partial charge on any atom is -0.491 e. The number of nitrogens with zero attached hydrogens (tertiary/aromatic N) is 4. The van der Waals surface area contributed by atoms with Crippen molar-refractivity contribution in [1.82, 2.24) is 25.1 Å². The summed E-state index contributed by atoms with van der Waals surface area (Å²) in [5, 5.41) is 4.18. The molecule has 2 aliphatic heterocycles. The van der Waals surface area contributed by atoms with E-state index >= 15 is 0 Å². The number of amides is 1. The number of carbonyl (C=O) groups excluding carboxylic acids is 1. The fourth-order valence-electron chi connectivity index (χ4n) is 3.96. The van der Waals surface area contributed by atoms with Gasteiger partial charge in [-0.3, -0.25) is 9.69 Å². The maximum Gasteiger partial charge on any atom is 0.233 e. The van der Waals surface area contributed by atoms with E-state index in [9.17, 15) is 4.79 Å². The molecule has 0 bridgehead atoms. The Bertz CT molecular complexity index is 1030. The molecule has 2 aromatic rings. The van der Waals surface area contributed by atoms with Crippen molar-refractivity contribution in [3.05, 3.63) is 27.7 Å². The number of hydrogen-bond donors (Lipinski definition) is 2. The third kappa shape index (κ3) is 5.66. The number of thioether (sulfide) groups is 1. The van der Waals surface area contributed by atoms with Crippen molar-refractivity contribution in [2.24, 2.45) is 0 Å². The number of hydrogen-bond acceptors (Lipinski definition) is 8. The molecule has 11 heteroatoms. The van der Waals surface area contributed by atoms with Gasteiger partial charge in [-0.1, -0.05) is 35.0 Å². The van der Waals surface area contributed by atoms with Gasteiger partial charge in [-0.15, -0.1) is 0 Å². The molecule has 178 valence electrons. The Hall–Kier alpha value is -1.78. The standard InChI is InChI=1S/C22H28Cl2N6O2S/c1-3-26-20(31)18-11-14-19(27-22(25)28-21(14)33-18)13-10-17(16(24)12-15(13)23)32-9-8-30-6-4-29(2)5-7-30/h10,12,18H,3-9,11H2,1-2H3,(H,26,31)(H2,25,27,28). The van der Waals surface area contributed by atoms with E-state index in [4.69, 9.17) is 33.7 Å². The topological polar surface area (TPSA) is 96.6 Å². The number of anilines is 1. The van der Waals surface area contributed by atoms with Crippen molar-refractivity contribution in [2.45, 2.75) is 23.6 Å². The first-order valence-corrected chi connectivity index (χ1v) is 12.6. The lowest BCUT2D eigenvalue weighted by molar-refractivity contribution is -0.120. The summed E-state index contributed by atoms with van der Waals surface area (Å²) in [6.45, 7) is 7.97. The van der Waals surface area contributed by atoms with Gasteiger partial charge in [-0.2, -0.15) is 0 Å². The summed E-state index contributed by atoms with van der Waals surface area (Å²) in [4.78, 5) is 25.9. The minimum atomic E-state index is -0.278. The van der Waals surface area contributed by atoms with Crippen LogP contribution in [-0.2, 0) is 11.2 Å². The average Bonchev–Trinajstić information content (AvgIpc) is 3.20. The second-order valence-corrected chi connectivity index (χ2v) is 10.2. The van der Waals surface area contributed by atoms with Crippen molar-refractivity contribution in [3.8, 4) is 17.0 Å². The molecule has 1 aromatic heterocycles. The molecule has 1 atom stereocenters. The third-order valence-electron chi connectivity index (χ3n) is 5.81. The van der Waals surface area contributed by atoms with Crippen LogP contribution in [-0.4, -0.2) is 83.8 Å². The molecular weight excluding hydrogens is 483 g/mol. The summed E-state index contributed by atoms with van der Waals surface area (Å²) in [7, 11) is 2.14. The largest absolute Gasteiger partial charge is 0.491 e. The molecule has 0 radical (unpaired) electrons. The number of halogens is 2. The predicted molar refractivity (Wildman–Crippen MR) is 133 cm³/mol. The molecule has 1 aromatic carbocycles. The molecule has 1 unspecified atom stereocenters. The van der Waals surface area contributed by atoms with Crippen LogP contribution in [0.1, 0.15) is 12.5 Å². The van der Waals surface area contributed by atoms with Gasteiger partial charge in [-0.25, -0.2) is 9.97 Å². The zero-order chi connectivity index (χ0) is 23.5. The number of likely N-dealkylation sites (N-methyl/N-ethyl adjacent to an activating group) is 1. The van der Waals surface area contributed by atoms with Crippen LogP contribution in [0.3, 0.4) is 0 Å². The number of piperazine rings is 1. The number of benzene rings is 1. The smallest absolute Gasteiger partial charge is 0.233 e. The fourth-order valence-corrected chi connectivity index (χ4v) is 5.66. The first kappa shape index (κ1) is 24.3. The minimum absolute atomic E-state index is 0.0276. The lowest BCUT2D eigenvalue weighted by atomic mass is 10.0. The first-order valence-electron chi connectivity index (χ1n) is 11.0. The highest BCUT2D eigenvalue weighted by atomic mass is 35.5. The van der Waals surface area contributed by atoms with Crippen LogP contribution < -0.4 is 15.8 Å². The van der Waals surface area contributed by atoms with E-state index in [1.54, 1.807) is 12.1 Å². The van der Waals surface area contributed by atoms with Crippen molar-refractivity contribution >= 4 is 46.8 Å². The number of carbonyl (C=O) groups is 1. The summed E-state index contributed by atoms with van der Waals surface area (Å²) in [5.41, 5.74) is 8.13. The lowest BCUT2D eigenvalue weighted by Gasteiger charge is -2.32. The average molecular weight is 511 g/mol. The number of nitrogens with two attached hydrogens (primary N) is 1. The number of fused-ring (bicyclic) bond motifs is 1. The van der Waals surface area contributed by atoms with E-state index in [2.05, 4.69) is 32.1 Å². The van der Waals surface area contributed by atoms with Crippen LogP contribution >= 0.6 is 35.0 Å². The summed E-state index contributed by atoms with van der Waals surface area (Å²) in [6, 6.07) is 3.47. The maximum absolute atomic E-state index is 12.4. The van der Waals surface area contributed by atoms with Gasteiger partial charge in [0, 0.05) is 50.4 Å². The van der Waals surface area contributed by atoms with E-state index in [1.807, 2.05) is 6.92 Å². The number of nitrogen functional groups attached to an aromatic ring is 1. The van der Waals surface area contributed by atoms with Crippen LogP contribution in [0.25, 0.3) is 11.3 Å². The molecular formula is C22H28Cl2N6O2S. The quantitative estimate of drug-likeness (QED) is 0.548. The Kier molecular flexibility index (Phi) is 7.86. The van der Waals surface area contributed by atoms with Crippen molar-refractivity contribution in [1.29, 1.82) is 0 Å². The SMILES string of the molecule is CCNC(=O)C1Cc2c(nc(N)nc2-c2cc(OCCN3CCN(C)CC3)c(Cl)cc2Cl)S1. The van der Waals surface area contributed by atoms with E-state index < -0.39 is 0 Å². The Labute approximate surface area is 208 Å². The van der Waals surface area contributed by atoms with E-state index in [1.165, 1.54) is 11.8 Å². The fraction of sp³-hybridized carbons (Fsp3) is 0.500. The van der Waals surface area contributed by atoms with Gasteiger partial charge in [0.15, 0.2) is 0 Å². The van der Waals surface area contributed by atoms with Gasteiger partial charge in [0.1, 0.15) is 17.4 Å². The maximum atomic E-state index is 12.4. The van der Waals surface area contributed by atoms with Gasteiger partial charge in [0.25, 0.3) is 0 Å². The molecule has 8 nitrogen and oxygen atoms in total. The van der Waals surface area contributed by atoms with Crippen molar-refractivity contribution in [2.75, 3.05) is 58.7 Å². The second-order valence-electron chi connectivity index (χ2n) is 8.18. The molecule has 4 rings (SSSR count). The van der Waals surface area contributed by atoms with Gasteiger partial charge < -0.3 is 20.7 Å². The van der Waals surface area contributed by atoms with Gasteiger partial charge >= 0.3 is 0 Å². The van der Waals surface area contributed by atoms with Gasteiger partial charge in [-0.05, 0) is 32.5 Å². The van der Waals surface area contributed by atoms with Gasteiger partial charge in [0.05, 0.1) is 21.0 Å². The van der Waals surface area contributed by atoms with Crippen LogP contribution in [0, 0.1) is 0 Å². The Morgan fingerprint density at radius 2 is 2.00 bits per heavy atom. The molecule has 3 heterocycles. The van der Waals surface area contributed by atoms with E-state index in [-0.39, 0.29) is 17.1 Å². The highest BCUT2D eigenvalue weighted by molar-refractivity contribution is 8.00. The van der Waals surface area contributed by atoms with Crippen LogP contribution in [0.5, 0.6) is 5.75 Å². The molecule has 1 saturated heterocycles. The zero-order valence-corrected chi connectivity index (χ0v) is 21.1. The van der Waals surface area contributed by atoms with E-state index in [0.29, 0.717) is 51.7 Å². The van der Waals surface area contributed by atoms with Crippen LogP contribution in [0.4, 0.5) is 5.95 Å². The highest BCUT2D eigenvalue weighted by Gasteiger charge is 2.33.